The van der Waals surface area contributed by atoms with Crippen molar-refractivity contribution in [3.8, 4) is 0 Å². The zero-order chi connectivity index (χ0) is 11.6. The number of benzene rings is 1. The smallest absolute Gasteiger partial charge is 0.244 e. The minimum atomic E-state index is -0.402. The molecule has 1 heterocycles. The Morgan fingerprint density at radius 1 is 1.56 bits per heavy atom. The van der Waals surface area contributed by atoms with Gasteiger partial charge in [0.2, 0.25) is 5.91 Å². The summed E-state index contributed by atoms with van der Waals surface area (Å²) in [5, 5.41) is 6.21. The summed E-state index contributed by atoms with van der Waals surface area (Å²) >= 11 is 2.24. The molecule has 4 heteroatoms. The predicted molar refractivity (Wildman–Crippen MR) is 73.4 cm³/mol. The second kappa shape index (κ2) is 4.71. The SMILES string of the molecule is CC1(C(=O)Nc2cccc(I)c2)CCCN1. The van der Waals surface area contributed by atoms with Gasteiger partial charge in [-0.3, -0.25) is 4.79 Å². The number of carbonyl (C=O) groups excluding carboxylic acids is 1. The second-order valence-corrected chi connectivity index (χ2v) is 5.57. The highest BCUT2D eigenvalue weighted by Gasteiger charge is 2.35. The normalized spacial score (nSPS) is 24.4. The van der Waals surface area contributed by atoms with Crippen molar-refractivity contribution in [1.29, 1.82) is 0 Å². The van der Waals surface area contributed by atoms with Gasteiger partial charge in [-0.1, -0.05) is 6.07 Å². The van der Waals surface area contributed by atoms with E-state index in [-0.39, 0.29) is 5.91 Å². The van der Waals surface area contributed by atoms with E-state index in [1.807, 2.05) is 31.2 Å². The standard InChI is InChI=1S/C12H15IN2O/c1-12(6-3-7-14-12)11(16)15-10-5-2-4-9(13)8-10/h2,4-5,8,14H,3,6-7H2,1H3,(H,15,16). The third-order valence-electron chi connectivity index (χ3n) is 2.95. The van der Waals surface area contributed by atoms with E-state index in [0.29, 0.717) is 0 Å². The van der Waals surface area contributed by atoms with Gasteiger partial charge in [0.25, 0.3) is 0 Å². The zero-order valence-electron chi connectivity index (χ0n) is 9.22. The van der Waals surface area contributed by atoms with Gasteiger partial charge in [-0.25, -0.2) is 0 Å². The average molecular weight is 330 g/mol. The summed E-state index contributed by atoms with van der Waals surface area (Å²) in [5.41, 5.74) is 0.466. The van der Waals surface area contributed by atoms with Crippen molar-refractivity contribution in [3.05, 3.63) is 27.8 Å². The Morgan fingerprint density at radius 3 is 3.00 bits per heavy atom. The lowest BCUT2D eigenvalue weighted by Gasteiger charge is -2.23. The molecular weight excluding hydrogens is 315 g/mol. The fraction of sp³-hybridized carbons (Fsp3) is 0.417. The minimum Gasteiger partial charge on any atom is -0.324 e. The molecule has 0 radical (unpaired) electrons. The Kier molecular flexibility index (Phi) is 3.49. The number of amides is 1. The van der Waals surface area contributed by atoms with Gasteiger partial charge in [-0.15, -0.1) is 0 Å². The summed E-state index contributed by atoms with van der Waals surface area (Å²) < 4.78 is 1.12. The van der Waals surface area contributed by atoms with E-state index in [0.717, 1.165) is 28.6 Å². The first-order valence-electron chi connectivity index (χ1n) is 5.42. The molecule has 0 bridgehead atoms. The summed E-state index contributed by atoms with van der Waals surface area (Å²) in [6, 6.07) is 7.84. The molecule has 1 aromatic rings. The molecule has 2 N–H and O–H groups in total. The number of rotatable bonds is 2. The molecule has 1 aromatic carbocycles. The highest BCUT2D eigenvalue weighted by atomic mass is 127. The zero-order valence-corrected chi connectivity index (χ0v) is 11.4. The Hall–Kier alpha value is -0.620. The molecule has 0 saturated carbocycles. The van der Waals surface area contributed by atoms with E-state index in [9.17, 15) is 4.79 Å². The Bertz CT molecular complexity index is 400. The molecule has 2 rings (SSSR count). The van der Waals surface area contributed by atoms with Gasteiger partial charge in [-0.2, -0.15) is 0 Å². The van der Waals surface area contributed by atoms with E-state index in [1.54, 1.807) is 0 Å². The van der Waals surface area contributed by atoms with Crippen molar-refractivity contribution in [2.75, 3.05) is 11.9 Å². The van der Waals surface area contributed by atoms with Crippen LogP contribution >= 0.6 is 22.6 Å². The van der Waals surface area contributed by atoms with E-state index in [2.05, 4.69) is 33.2 Å². The van der Waals surface area contributed by atoms with Crippen LogP contribution in [-0.2, 0) is 4.79 Å². The van der Waals surface area contributed by atoms with Crippen molar-refractivity contribution in [1.82, 2.24) is 5.32 Å². The van der Waals surface area contributed by atoms with Crippen molar-refractivity contribution >= 4 is 34.2 Å². The third kappa shape index (κ3) is 2.55. The second-order valence-electron chi connectivity index (χ2n) is 4.33. The number of anilines is 1. The van der Waals surface area contributed by atoms with Crippen molar-refractivity contribution in [2.24, 2.45) is 0 Å². The fourth-order valence-corrected chi connectivity index (χ4v) is 2.47. The topological polar surface area (TPSA) is 41.1 Å². The molecule has 1 fully saturated rings. The first-order chi connectivity index (χ1) is 7.60. The molecule has 1 unspecified atom stereocenters. The van der Waals surface area contributed by atoms with Crippen LogP contribution in [0.1, 0.15) is 19.8 Å². The van der Waals surface area contributed by atoms with Gasteiger partial charge < -0.3 is 10.6 Å². The first-order valence-corrected chi connectivity index (χ1v) is 6.50. The van der Waals surface area contributed by atoms with Crippen LogP contribution in [0.15, 0.2) is 24.3 Å². The molecule has 0 aromatic heterocycles. The summed E-state index contributed by atoms with van der Waals surface area (Å²) in [5.74, 6) is 0.0620. The van der Waals surface area contributed by atoms with Crippen LogP contribution in [0.25, 0.3) is 0 Å². The Balaban J connectivity index is 2.07. The first kappa shape index (κ1) is 11.9. The Labute approximate surface area is 109 Å². The fourth-order valence-electron chi connectivity index (χ4n) is 1.92. The molecule has 0 spiro atoms. The van der Waals surface area contributed by atoms with Crippen LogP contribution in [0, 0.1) is 3.57 Å². The minimum absolute atomic E-state index is 0.0620. The van der Waals surface area contributed by atoms with Crippen LogP contribution in [0.3, 0.4) is 0 Å². The van der Waals surface area contributed by atoms with E-state index >= 15 is 0 Å². The van der Waals surface area contributed by atoms with Crippen molar-refractivity contribution in [2.45, 2.75) is 25.3 Å². The highest BCUT2D eigenvalue weighted by Crippen LogP contribution is 2.21. The molecule has 3 nitrogen and oxygen atoms in total. The van der Waals surface area contributed by atoms with Gasteiger partial charge in [0.1, 0.15) is 0 Å². The van der Waals surface area contributed by atoms with E-state index in [1.165, 1.54) is 0 Å². The largest absolute Gasteiger partial charge is 0.324 e. The number of nitrogens with one attached hydrogen (secondary N) is 2. The van der Waals surface area contributed by atoms with Crippen LogP contribution in [-0.4, -0.2) is 18.0 Å². The predicted octanol–water partition coefficient (Wildman–Crippen LogP) is 2.37. The van der Waals surface area contributed by atoms with Gasteiger partial charge in [0, 0.05) is 9.26 Å². The van der Waals surface area contributed by atoms with Crippen LogP contribution in [0.5, 0.6) is 0 Å². The van der Waals surface area contributed by atoms with Crippen LogP contribution in [0.2, 0.25) is 0 Å². The molecule has 16 heavy (non-hydrogen) atoms. The number of hydrogen-bond donors (Lipinski definition) is 2. The van der Waals surface area contributed by atoms with E-state index in [4.69, 9.17) is 0 Å². The van der Waals surface area contributed by atoms with Gasteiger partial charge >= 0.3 is 0 Å². The average Bonchev–Trinajstić information content (AvgIpc) is 2.66. The summed E-state index contributed by atoms with van der Waals surface area (Å²) in [6.45, 7) is 2.89. The Morgan fingerprint density at radius 2 is 2.38 bits per heavy atom. The lowest BCUT2D eigenvalue weighted by atomic mass is 9.99. The number of carbonyl (C=O) groups is 1. The monoisotopic (exact) mass is 330 g/mol. The maximum absolute atomic E-state index is 12.1. The summed E-state index contributed by atoms with van der Waals surface area (Å²) in [7, 11) is 0. The van der Waals surface area contributed by atoms with Crippen LogP contribution < -0.4 is 10.6 Å². The van der Waals surface area contributed by atoms with Crippen molar-refractivity contribution in [3.63, 3.8) is 0 Å². The van der Waals surface area contributed by atoms with E-state index < -0.39 is 5.54 Å². The van der Waals surface area contributed by atoms with Gasteiger partial charge in [0.15, 0.2) is 0 Å². The van der Waals surface area contributed by atoms with Gasteiger partial charge in [-0.05, 0) is 67.1 Å². The number of halogens is 1. The molecule has 1 aliphatic heterocycles. The molecular formula is C12H15IN2O. The van der Waals surface area contributed by atoms with Gasteiger partial charge in [0.05, 0.1) is 5.54 Å². The third-order valence-corrected chi connectivity index (χ3v) is 3.62. The number of hydrogen-bond acceptors (Lipinski definition) is 2. The van der Waals surface area contributed by atoms with Crippen molar-refractivity contribution < 1.29 is 4.79 Å². The molecule has 1 aliphatic rings. The maximum Gasteiger partial charge on any atom is 0.244 e. The molecule has 1 atom stereocenters. The lowest BCUT2D eigenvalue weighted by molar-refractivity contribution is -0.121. The summed E-state index contributed by atoms with van der Waals surface area (Å²) in [4.78, 5) is 12.1. The molecule has 1 amide bonds. The summed E-state index contributed by atoms with van der Waals surface area (Å²) in [6.07, 6.45) is 1.97. The molecule has 0 aliphatic carbocycles. The molecule has 86 valence electrons. The maximum atomic E-state index is 12.1. The quantitative estimate of drug-likeness (QED) is 0.818. The highest BCUT2D eigenvalue weighted by molar-refractivity contribution is 14.1. The molecule has 1 saturated heterocycles. The van der Waals surface area contributed by atoms with Crippen LogP contribution in [0.4, 0.5) is 5.69 Å². The lowest BCUT2D eigenvalue weighted by Crippen LogP contribution is -2.47.